The summed E-state index contributed by atoms with van der Waals surface area (Å²) in [5.74, 6) is 0.465. The monoisotopic (exact) mass is 354 g/mol. The fraction of sp³-hybridized carbons (Fsp3) is 0.529. The zero-order valence-corrected chi connectivity index (χ0v) is 15.0. The number of ether oxygens (including phenoxy) is 2. The van der Waals surface area contributed by atoms with Crippen molar-refractivity contribution in [3.63, 3.8) is 0 Å². The molecule has 0 saturated carbocycles. The number of carbonyl (C=O) groups is 2. The molecule has 1 aromatic rings. The maximum absolute atomic E-state index is 12.7. The van der Waals surface area contributed by atoms with Gasteiger partial charge in [-0.1, -0.05) is 11.6 Å². The molecule has 1 N–H and O–H groups in total. The molecule has 7 heteroatoms. The molecule has 1 aromatic carbocycles. The van der Waals surface area contributed by atoms with E-state index < -0.39 is 0 Å². The SMILES string of the molecule is CCN(CC(=O)NC(C)C)C(=O)c1cc(Cl)c2c(c1)OCCCO2. The van der Waals surface area contributed by atoms with Crippen LogP contribution in [0.15, 0.2) is 12.1 Å². The van der Waals surface area contributed by atoms with Crippen molar-refractivity contribution in [2.24, 2.45) is 0 Å². The highest BCUT2D eigenvalue weighted by Gasteiger charge is 2.22. The Morgan fingerprint density at radius 2 is 2.00 bits per heavy atom. The van der Waals surface area contributed by atoms with E-state index in [4.69, 9.17) is 21.1 Å². The molecule has 0 atom stereocenters. The molecule has 0 aromatic heterocycles. The van der Waals surface area contributed by atoms with Gasteiger partial charge >= 0.3 is 0 Å². The third-order valence-corrected chi connectivity index (χ3v) is 3.78. The van der Waals surface area contributed by atoms with E-state index in [2.05, 4.69) is 5.32 Å². The van der Waals surface area contributed by atoms with Crippen LogP contribution in [0.5, 0.6) is 11.5 Å². The second kappa shape index (κ2) is 8.24. The fourth-order valence-corrected chi connectivity index (χ4v) is 2.67. The molecule has 0 bridgehead atoms. The van der Waals surface area contributed by atoms with Gasteiger partial charge in [-0.25, -0.2) is 0 Å². The van der Waals surface area contributed by atoms with Crippen LogP contribution in [-0.4, -0.2) is 49.1 Å². The topological polar surface area (TPSA) is 67.9 Å². The van der Waals surface area contributed by atoms with Gasteiger partial charge in [0.05, 0.1) is 24.8 Å². The van der Waals surface area contributed by atoms with E-state index in [-0.39, 0.29) is 24.4 Å². The zero-order valence-electron chi connectivity index (χ0n) is 14.2. The molecule has 1 aliphatic rings. The summed E-state index contributed by atoms with van der Waals surface area (Å²) in [7, 11) is 0. The summed E-state index contributed by atoms with van der Waals surface area (Å²) in [5, 5.41) is 3.11. The van der Waals surface area contributed by atoms with Crippen molar-refractivity contribution < 1.29 is 19.1 Å². The Labute approximate surface area is 147 Å². The van der Waals surface area contributed by atoms with E-state index in [9.17, 15) is 9.59 Å². The van der Waals surface area contributed by atoms with E-state index in [0.29, 0.717) is 41.8 Å². The van der Waals surface area contributed by atoms with Crippen molar-refractivity contribution in [3.05, 3.63) is 22.7 Å². The summed E-state index contributed by atoms with van der Waals surface area (Å²) in [6.07, 6.45) is 0.755. The predicted molar refractivity (Wildman–Crippen MR) is 91.9 cm³/mol. The summed E-state index contributed by atoms with van der Waals surface area (Å²) in [5.41, 5.74) is 0.378. The molecule has 0 fully saturated rings. The van der Waals surface area contributed by atoms with Crippen molar-refractivity contribution in [2.75, 3.05) is 26.3 Å². The van der Waals surface area contributed by atoms with E-state index in [1.54, 1.807) is 12.1 Å². The van der Waals surface area contributed by atoms with Crippen molar-refractivity contribution >= 4 is 23.4 Å². The molecule has 24 heavy (non-hydrogen) atoms. The number of nitrogens with zero attached hydrogens (tertiary/aromatic N) is 1. The lowest BCUT2D eigenvalue weighted by molar-refractivity contribution is -0.122. The molecule has 0 radical (unpaired) electrons. The van der Waals surface area contributed by atoms with Crippen LogP contribution in [0.25, 0.3) is 0 Å². The minimum Gasteiger partial charge on any atom is -0.489 e. The Bertz CT molecular complexity index is 619. The zero-order chi connectivity index (χ0) is 17.7. The maximum Gasteiger partial charge on any atom is 0.254 e. The Morgan fingerprint density at radius 3 is 2.67 bits per heavy atom. The summed E-state index contributed by atoms with van der Waals surface area (Å²) in [4.78, 5) is 26.1. The number of likely N-dealkylation sites (N-methyl/N-ethyl adjacent to an activating group) is 1. The smallest absolute Gasteiger partial charge is 0.254 e. The van der Waals surface area contributed by atoms with E-state index >= 15 is 0 Å². The number of hydrogen-bond donors (Lipinski definition) is 1. The quantitative estimate of drug-likeness (QED) is 0.882. The van der Waals surface area contributed by atoms with Gasteiger partial charge in [0, 0.05) is 24.6 Å². The van der Waals surface area contributed by atoms with Gasteiger partial charge < -0.3 is 19.7 Å². The van der Waals surface area contributed by atoms with Crippen LogP contribution in [0.1, 0.15) is 37.6 Å². The van der Waals surface area contributed by atoms with Gasteiger partial charge in [0.15, 0.2) is 11.5 Å². The van der Waals surface area contributed by atoms with Crippen molar-refractivity contribution in [1.82, 2.24) is 10.2 Å². The minimum absolute atomic E-state index is 0.000422. The van der Waals surface area contributed by atoms with E-state index in [1.165, 1.54) is 4.90 Å². The number of carbonyl (C=O) groups excluding carboxylic acids is 2. The third-order valence-electron chi connectivity index (χ3n) is 3.50. The first kappa shape index (κ1) is 18.4. The normalized spacial score (nSPS) is 13.4. The Balaban J connectivity index is 2.19. The summed E-state index contributed by atoms with van der Waals surface area (Å²) in [6.45, 7) is 7.02. The molecule has 0 unspecified atom stereocenters. The number of rotatable bonds is 5. The van der Waals surface area contributed by atoms with Gasteiger partial charge in [-0.2, -0.15) is 0 Å². The molecule has 0 spiro atoms. The second-order valence-electron chi connectivity index (χ2n) is 5.88. The highest BCUT2D eigenvalue weighted by atomic mass is 35.5. The maximum atomic E-state index is 12.7. The first-order chi connectivity index (χ1) is 11.4. The average molecular weight is 355 g/mol. The van der Waals surface area contributed by atoms with Crippen molar-refractivity contribution in [3.8, 4) is 11.5 Å². The van der Waals surface area contributed by atoms with Crippen LogP contribution in [-0.2, 0) is 4.79 Å². The molecule has 2 rings (SSSR count). The molecular formula is C17H23ClN2O4. The van der Waals surface area contributed by atoms with Crippen LogP contribution >= 0.6 is 11.6 Å². The van der Waals surface area contributed by atoms with Crippen molar-refractivity contribution in [1.29, 1.82) is 0 Å². The van der Waals surface area contributed by atoms with Gasteiger partial charge in [0.2, 0.25) is 5.91 Å². The Morgan fingerprint density at radius 1 is 1.29 bits per heavy atom. The number of nitrogens with one attached hydrogen (secondary N) is 1. The summed E-state index contributed by atoms with van der Waals surface area (Å²) in [6, 6.07) is 3.21. The summed E-state index contributed by atoms with van der Waals surface area (Å²) >= 11 is 6.23. The molecule has 1 heterocycles. The van der Waals surface area contributed by atoms with Gasteiger partial charge in [-0.3, -0.25) is 9.59 Å². The molecule has 0 aliphatic carbocycles. The van der Waals surface area contributed by atoms with E-state index in [1.807, 2.05) is 20.8 Å². The van der Waals surface area contributed by atoms with Crippen LogP contribution < -0.4 is 14.8 Å². The van der Waals surface area contributed by atoms with Crippen LogP contribution in [0.3, 0.4) is 0 Å². The van der Waals surface area contributed by atoms with Crippen molar-refractivity contribution in [2.45, 2.75) is 33.2 Å². The number of benzene rings is 1. The minimum atomic E-state index is -0.269. The molecule has 132 valence electrons. The average Bonchev–Trinajstić information content (AvgIpc) is 2.77. The third kappa shape index (κ3) is 4.54. The van der Waals surface area contributed by atoms with Gasteiger partial charge in [0.1, 0.15) is 0 Å². The molecule has 2 amide bonds. The first-order valence-electron chi connectivity index (χ1n) is 8.10. The molecule has 1 aliphatic heterocycles. The fourth-order valence-electron chi connectivity index (χ4n) is 2.41. The number of hydrogen-bond acceptors (Lipinski definition) is 4. The molecular weight excluding hydrogens is 332 g/mol. The lowest BCUT2D eigenvalue weighted by Crippen LogP contribution is -2.42. The van der Waals surface area contributed by atoms with Gasteiger partial charge in [-0.15, -0.1) is 0 Å². The van der Waals surface area contributed by atoms with Crippen LogP contribution in [0.4, 0.5) is 0 Å². The van der Waals surface area contributed by atoms with Gasteiger partial charge in [-0.05, 0) is 32.9 Å². The second-order valence-corrected chi connectivity index (χ2v) is 6.28. The molecule has 6 nitrogen and oxygen atoms in total. The Hall–Kier alpha value is -1.95. The van der Waals surface area contributed by atoms with Gasteiger partial charge in [0.25, 0.3) is 5.91 Å². The number of fused-ring (bicyclic) bond motifs is 1. The van der Waals surface area contributed by atoms with Crippen LogP contribution in [0.2, 0.25) is 5.02 Å². The standard InChI is InChI=1S/C17H23ClN2O4/c1-4-20(10-15(21)19-11(2)3)17(22)12-8-13(18)16-14(9-12)23-6-5-7-24-16/h8-9,11H,4-7,10H2,1-3H3,(H,19,21). The van der Waals surface area contributed by atoms with Crippen LogP contribution in [0, 0.1) is 0 Å². The summed E-state index contributed by atoms with van der Waals surface area (Å²) < 4.78 is 11.2. The first-order valence-corrected chi connectivity index (χ1v) is 8.48. The predicted octanol–water partition coefficient (Wildman–Crippen LogP) is 2.49. The Kier molecular flexibility index (Phi) is 6.31. The number of amides is 2. The lowest BCUT2D eigenvalue weighted by atomic mass is 10.1. The highest BCUT2D eigenvalue weighted by Crippen LogP contribution is 2.38. The number of halogens is 1. The van der Waals surface area contributed by atoms with E-state index in [0.717, 1.165) is 6.42 Å². The largest absolute Gasteiger partial charge is 0.489 e. The lowest BCUT2D eigenvalue weighted by Gasteiger charge is -2.22. The molecule has 0 saturated heterocycles. The highest BCUT2D eigenvalue weighted by molar-refractivity contribution is 6.32.